The first-order valence-corrected chi connectivity index (χ1v) is 7.76. The van der Waals surface area contributed by atoms with Crippen molar-refractivity contribution in [1.29, 1.82) is 0 Å². The lowest BCUT2D eigenvalue weighted by Crippen LogP contribution is -2.23. The van der Waals surface area contributed by atoms with Crippen LogP contribution in [0.2, 0.25) is 5.02 Å². The Morgan fingerprint density at radius 1 is 1.30 bits per heavy atom. The van der Waals surface area contributed by atoms with Gasteiger partial charge >= 0.3 is 0 Å². The fraction of sp³-hybridized carbons (Fsp3) is 0.231. The standard InChI is InChI=1S/C13H15ClN2O3S/c1-8-5-11(14)13(6-12(8)15)20(17,18)16-7-10-4-3-9(2)19-10/h3-6,16H,7,15H2,1-2H3. The second-order valence-corrected chi connectivity index (χ2v) is 6.62. The zero-order valence-corrected chi connectivity index (χ0v) is 12.7. The molecule has 2 aromatic rings. The minimum Gasteiger partial charge on any atom is -0.465 e. The quantitative estimate of drug-likeness (QED) is 0.849. The average molecular weight is 315 g/mol. The first kappa shape index (κ1) is 14.9. The summed E-state index contributed by atoms with van der Waals surface area (Å²) in [5, 5.41) is 0.139. The second-order valence-electron chi connectivity index (χ2n) is 4.48. The van der Waals surface area contributed by atoms with Crippen LogP contribution in [0.15, 0.2) is 33.6 Å². The molecule has 20 heavy (non-hydrogen) atoms. The van der Waals surface area contributed by atoms with Gasteiger partial charge in [0.15, 0.2) is 0 Å². The van der Waals surface area contributed by atoms with Gasteiger partial charge in [-0.05, 0) is 43.7 Å². The Balaban J connectivity index is 2.24. The lowest BCUT2D eigenvalue weighted by molar-refractivity contribution is 0.475. The maximum atomic E-state index is 12.2. The van der Waals surface area contributed by atoms with Gasteiger partial charge in [-0.3, -0.25) is 0 Å². The van der Waals surface area contributed by atoms with E-state index < -0.39 is 10.0 Å². The minimum absolute atomic E-state index is 0.0365. The minimum atomic E-state index is -3.74. The van der Waals surface area contributed by atoms with Crippen LogP contribution in [0, 0.1) is 13.8 Å². The molecule has 0 aliphatic carbocycles. The number of benzene rings is 1. The normalized spacial score (nSPS) is 11.8. The molecule has 0 amide bonds. The number of nitrogen functional groups attached to an aromatic ring is 1. The van der Waals surface area contributed by atoms with Gasteiger partial charge in [-0.1, -0.05) is 11.6 Å². The van der Waals surface area contributed by atoms with Gasteiger partial charge in [-0.15, -0.1) is 0 Å². The first-order valence-electron chi connectivity index (χ1n) is 5.90. The van der Waals surface area contributed by atoms with Gasteiger partial charge in [0, 0.05) is 5.69 Å². The molecule has 1 heterocycles. The van der Waals surface area contributed by atoms with Crippen molar-refractivity contribution < 1.29 is 12.8 Å². The zero-order valence-electron chi connectivity index (χ0n) is 11.1. The van der Waals surface area contributed by atoms with Crippen molar-refractivity contribution in [2.24, 2.45) is 0 Å². The molecule has 1 aromatic carbocycles. The molecule has 0 atom stereocenters. The topological polar surface area (TPSA) is 85.3 Å². The summed E-state index contributed by atoms with van der Waals surface area (Å²) in [6.07, 6.45) is 0. The van der Waals surface area contributed by atoms with Crippen LogP contribution >= 0.6 is 11.6 Å². The highest BCUT2D eigenvalue weighted by molar-refractivity contribution is 7.89. The summed E-state index contributed by atoms with van der Waals surface area (Å²) >= 11 is 5.97. The molecule has 108 valence electrons. The van der Waals surface area contributed by atoms with Gasteiger partial charge < -0.3 is 10.2 Å². The molecular weight excluding hydrogens is 300 g/mol. The maximum Gasteiger partial charge on any atom is 0.242 e. The number of hydrogen-bond acceptors (Lipinski definition) is 4. The largest absolute Gasteiger partial charge is 0.465 e. The predicted molar refractivity (Wildman–Crippen MR) is 78.1 cm³/mol. The van der Waals surface area contributed by atoms with Gasteiger partial charge in [0.1, 0.15) is 16.4 Å². The molecule has 1 aromatic heterocycles. The molecule has 3 N–H and O–H groups in total. The van der Waals surface area contributed by atoms with Crippen molar-refractivity contribution in [3.05, 3.63) is 46.4 Å². The summed E-state index contributed by atoms with van der Waals surface area (Å²) in [7, 11) is -3.74. The molecule has 0 aliphatic rings. The van der Waals surface area contributed by atoms with Crippen molar-refractivity contribution in [2.45, 2.75) is 25.3 Å². The smallest absolute Gasteiger partial charge is 0.242 e. The number of furan rings is 1. The molecule has 0 unspecified atom stereocenters. The third-order valence-electron chi connectivity index (χ3n) is 2.84. The van der Waals surface area contributed by atoms with E-state index in [1.807, 2.05) is 0 Å². The Morgan fingerprint density at radius 2 is 2.00 bits per heavy atom. The van der Waals surface area contributed by atoms with Gasteiger partial charge in [0.25, 0.3) is 0 Å². The van der Waals surface area contributed by atoms with Crippen LogP contribution in [0.4, 0.5) is 5.69 Å². The highest BCUT2D eigenvalue weighted by Crippen LogP contribution is 2.26. The van der Waals surface area contributed by atoms with Crippen LogP contribution in [0.3, 0.4) is 0 Å². The van der Waals surface area contributed by atoms with Crippen molar-refractivity contribution >= 4 is 27.3 Å². The SMILES string of the molecule is Cc1ccc(CNS(=O)(=O)c2cc(N)c(C)cc2Cl)o1. The van der Waals surface area contributed by atoms with Gasteiger partial charge in [-0.25, -0.2) is 13.1 Å². The summed E-state index contributed by atoms with van der Waals surface area (Å²) < 4.78 is 32.1. The highest BCUT2D eigenvalue weighted by atomic mass is 35.5. The number of nitrogens with two attached hydrogens (primary N) is 1. The summed E-state index contributed by atoms with van der Waals surface area (Å²) in [6.45, 7) is 3.60. The number of sulfonamides is 1. The number of anilines is 1. The summed E-state index contributed by atoms with van der Waals surface area (Å²) in [5.74, 6) is 1.25. The molecule has 0 aliphatic heterocycles. The van der Waals surface area contributed by atoms with E-state index >= 15 is 0 Å². The van der Waals surface area contributed by atoms with Crippen LogP contribution in [0.1, 0.15) is 17.1 Å². The van der Waals surface area contributed by atoms with Crippen molar-refractivity contribution in [1.82, 2.24) is 4.72 Å². The van der Waals surface area contributed by atoms with E-state index in [4.69, 9.17) is 21.8 Å². The first-order chi connectivity index (χ1) is 9.29. The van der Waals surface area contributed by atoms with E-state index in [0.717, 1.165) is 11.3 Å². The van der Waals surface area contributed by atoms with Crippen LogP contribution in [0.5, 0.6) is 0 Å². The number of halogens is 1. The molecule has 2 rings (SSSR count). The third-order valence-corrected chi connectivity index (χ3v) is 4.71. The van der Waals surface area contributed by atoms with E-state index in [1.54, 1.807) is 26.0 Å². The number of rotatable bonds is 4. The van der Waals surface area contributed by atoms with Crippen LogP contribution in [-0.2, 0) is 16.6 Å². The second kappa shape index (κ2) is 5.47. The van der Waals surface area contributed by atoms with Gasteiger partial charge in [-0.2, -0.15) is 0 Å². The number of aryl methyl sites for hydroxylation is 2. The van der Waals surface area contributed by atoms with Crippen molar-refractivity contribution in [3.8, 4) is 0 Å². The fourth-order valence-corrected chi connectivity index (χ4v) is 3.31. The monoisotopic (exact) mass is 314 g/mol. The van der Waals surface area contributed by atoms with Crippen molar-refractivity contribution in [2.75, 3.05) is 5.73 Å². The Labute approximate surface area is 122 Å². The molecule has 7 heteroatoms. The molecule has 0 fully saturated rings. The summed E-state index contributed by atoms with van der Waals surface area (Å²) in [4.78, 5) is -0.0365. The molecule has 0 saturated carbocycles. The van der Waals surface area contributed by atoms with E-state index in [0.29, 0.717) is 11.4 Å². The fourth-order valence-electron chi connectivity index (χ4n) is 1.70. The van der Waals surface area contributed by atoms with E-state index in [1.165, 1.54) is 12.1 Å². The number of hydrogen-bond donors (Lipinski definition) is 2. The van der Waals surface area contributed by atoms with E-state index in [2.05, 4.69) is 4.72 Å². The van der Waals surface area contributed by atoms with Gasteiger partial charge in [0.2, 0.25) is 10.0 Å². The number of nitrogens with one attached hydrogen (secondary N) is 1. The molecule has 5 nitrogen and oxygen atoms in total. The summed E-state index contributed by atoms with van der Waals surface area (Å²) in [5.41, 5.74) is 6.84. The van der Waals surface area contributed by atoms with E-state index in [9.17, 15) is 8.42 Å². The third kappa shape index (κ3) is 3.15. The van der Waals surface area contributed by atoms with Crippen LogP contribution in [-0.4, -0.2) is 8.42 Å². The molecule has 0 spiro atoms. The Kier molecular flexibility index (Phi) is 4.08. The Bertz CT molecular complexity index is 738. The summed E-state index contributed by atoms with van der Waals surface area (Å²) in [6, 6.07) is 6.36. The predicted octanol–water partition coefficient (Wildman–Crippen LogP) is 2.61. The lowest BCUT2D eigenvalue weighted by atomic mass is 10.2. The zero-order chi connectivity index (χ0) is 14.9. The lowest BCUT2D eigenvalue weighted by Gasteiger charge is -2.10. The average Bonchev–Trinajstić information content (AvgIpc) is 2.77. The highest BCUT2D eigenvalue weighted by Gasteiger charge is 2.19. The Morgan fingerprint density at radius 3 is 2.60 bits per heavy atom. The Hall–Kier alpha value is -1.50. The van der Waals surface area contributed by atoms with E-state index in [-0.39, 0.29) is 16.5 Å². The van der Waals surface area contributed by atoms with Crippen LogP contribution < -0.4 is 10.5 Å². The molecule has 0 radical (unpaired) electrons. The van der Waals surface area contributed by atoms with Crippen LogP contribution in [0.25, 0.3) is 0 Å². The van der Waals surface area contributed by atoms with Gasteiger partial charge in [0.05, 0.1) is 11.6 Å². The van der Waals surface area contributed by atoms with Crippen molar-refractivity contribution in [3.63, 3.8) is 0 Å². The molecule has 0 saturated heterocycles. The molecule has 0 bridgehead atoms. The maximum absolute atomic E-state index is 12.2. The molecular formula is C13H15ClN2O3S.